The number of aromatic nitrogens is 2. The van der Waals surface area contributed by atoms with E-state index in [4.69, 9.17) is 0 Å². The molecule has 0 spiro atoms. The number of nitrogens with zero attached hydrogens (tertiary/aromatic N) is 2. The molecule has 3 aromatic rings. The number of thiol groups is 1. The molecule has 106 valence electrons. The molecule has 0 amide bonds. The van der Waals surface area contributed by atoms with Gasteiger partial charge < -0.3 is 0 Å². The summed E-state index contributed by atoms with van der Waals surface area (Å²) in [5.41, 5.74) is 1.13. The first-order valence-corrected chi connectivity index (χ1v) is 7.53. The lowest BCUT2D eigenvalue weighted by atomic mass is 10.0. The van der Waals surface area contributed by atoms with Crippen molar-refractivity contribution in [3.63, 3.8) is 0 Å². The van der Waals surface area contributed by atoms with E-state index < -0.39 is 0 Å². The summed E-state index contributed by atoms with van der Waals surface area (Å²) in [6.45, 7) is 0.539. The Labute approximate surface area is 128 Å². The Bertz CT molecular complexity index is 798. The highest BCUT2D eigenvalue weighted by atomic mass is 32.1. The van der Waals surface area contributed by atoms with E-state index in [-0.39, 0.29) is 11.5 Å². The maximum Gasteiger partial charge on any atom is 0.274 e. The third-order valence-corrected chi connectivity index (χ3v) is 4.09. The largest absolute Gasteiger partial charge is 0.274 e. The molecule has 3 nitrogen and oxygen atoms in total. The Morgan fingerprint density at radius 3 is 2.52 bits per heavy atom. The summed E-state index contributed by atoms with van der Waals surface area (Å²) < 4.78 is 1.54. The van der Waals surface area contributed by atoms with Gasteiger partial charge in [0.2, 0.25) is 0 Å². The number of fused-ring (bicyclic) bond motifs is 1. The van der Waals surface area contributed by atoms with E-state index in [1.807, 2.05) is 42.5 Å². The molecule has 0 fully saturated rings. The third-order valence-electron chi connectivity index (χ3n) is 3.65. The zero-order valence-electron chi connectivity index (χ0n) is 11.5. The van der Waals surface area contributed by atoms with Crippen LogP contribution in [0.2, 0.25) is 0 Å². The molecule has 0 bridgehead atoms. The molecule has 4 heteroatoms. The highest BCUT2D eigenvalue weighted by Gasteiger charge is 2.13. The summed E-state index contributed by atoms with van der Waals surface area (Å²) in [6.07, 6.45) is 1.75. The van der Waals surface area contributed by atoms with Crippen molar-refractivity contribution in [1.29, 1.82) is 0 Å². The van der Waals surface area contributed by atoms with Crippen molar-refractivity contribution >= 4 is 23.4 Å². The van der Waals surface area contributed by atoms with E-state index in [9.17, 15) is 4.79 Å². The minimum atomic E-state index is -0.0455. The molecule has 21 heavy (non-hydrogen) atoms. The zero-order valence-corrected chi connectivity index (χ0v) is 12.4. The van der Waals surface area contributed by atoms with Gasteiger partial charge in [-0.1, -0.05) is 48.5 Å². The fraction of sp³-hybridized carbons (Fsp3) is 0.176. The van der Waals surface area contributed by atoms with Gasteiger partial charge in [-0.25, -0.2) is 4.68 Å². The van der Waals surface area contributed by atoms with Crippen molar-refractivity contribution < 1.29 is 0 Å². The van der Waals surface area contributed by atoms with Gasteiger partial charge in [-0.2, -0.15) is 17.7 Å². The van der Waals surface area contributed by atoms with E-state index >= 15 is 0 Å². The van der Waals surface area contributed by atoms with Crippen LogP contribution >= 0.6 is 12.6 Å². The van der Waals surface area contributed by atoms with Crippen LogP contribution in [0, 0.1) is 0 Å². The Morgan fingerprint density at radius 1 is 1.05 bits per heavy atom. The predicted molar refractivity (Wildman–Crippen MR) is 89.0 cm³/mol. The van der Waals surface area contributed by atoms with Crippen molar-refractivity contribution in [1.82, 2.24) is 9.78 Å². The lowest BCUT2D eigenvalue weighted by molar-refractivity contribution is 0.526. The molecule has 0 N–H and O–H groups in total. The van der Waals surface area contributed by atoms with Gasteiger partial charge in [-0.15, -0.1) is 0 Å². The average molecular weight is 296 g/mol. The van der Waals surface area contributed by atoms with Crippen LogP contribution in [0.15, 0.2) is 65.6 Å². The van der Waals surface area contributed by atoms with Crippen molar-refractivity contribution in [2.24, 2.45) is 0 Å². The van der Waals surface area contributed by atoms with Crippen molar-refractivity contribution in [3.05, 3.63) is 76.7 Å². The Morgan fingerprint density at radius 2 is 1.76 bits per heavy atom. The Kier molecular flexibility index (Phi) is 4.06. The van der Waals surface area contributed by atoms with E-state index in [1.54, 1.807) is 6.20 Å². The first kappa shape index (κ1) is 13.9. The van der Waals surface area contributed by atoms with Crippen molar-refractivity contribution in [2.45, 2.75) is 12.5 Å². The predicted octanol–water partition coefficient (Wildman–Crippen LogP) is 3.11. The molecule has 1 heterocycles. The molecule has 0 aliphatic rings. The molecule has 0 radical (unpaired) electrons. The summed E-state index contributed by atoms with van der Waals surface area (Å²) in [5.74, 6) is 0.839. The lowest BCUT2D eigenvalue weighted by Crippen LogP contribution is -2.26. The average Bonchev–Trinajstić information content (AvgIpc) is 2.55. The van der Waals surface area contributed by atoms with Gasteiger partial charge in [0.25, 0.3) is 5.56 Å². The van der Waals surface area contributed by atoms with Crippen LogP contribution in [0.3, 0.4) is 0 Å². The standard InChI is InChI=1S/C17H16N2OS/c20-17-16-9-5-4-8-14(16)10-18-19(17)11-15(12-21)13-6-2-1-3-7-13/h1-10,15,21H,11-12H2. The van der Waals surface area contributed by atoms with Gasteiger partial charge in [0, 0.05) is 11.3 Å². The summed E-state index contributed by atoms with van der Waals surface area (Å²) in [4.78, 5) is 12.5. The quantitative estimate of drug-likeness (QED) is 0.751. The van der Waals surface area contributed by atoms with E-state index in [2.05, 4.69) is 29.9 Å². The molecule has 3 rings (SSSR count). The van der Waals surface area contributed by atoms with Gasteiger partial charge >= 0.3 is 0 Å². The van der Waals surface area contributed by atoms with Crippen LogP contribution in [0.25, 0.3) is 10.8 Å². The molecular formula is C17H16N2OS. The fourth-order valence-electron chi connectivity index (χ4n) is 2.46. The van der Waals surface area contributed by atoms with Crippen LogP contribution in [-0.2, 0) is 6.54 Å². The smallest absolute Gasteiger partial charge is 0.267 e. The molecular weight excluding hydrogens is 280 g/mol. The SMILES string of the molecule is O=c1c2ccccc2cnn1CC(CS)c1ccccc1. The van der Waals surface area contributed by atoms with Gasteiger partial charge in [0.15, 0.2) is 0 Å². The second-order valence-electron chi connectivity index (χ2n) is 5.01. The topological polar surface area (TPSA) is 34.9 Å². The van der Waals surface area contributed by atoms with Gasteiger partial charge in [-0.05, 0) is 17.4 Å². The molecule has 1 atom stereocenters. The molecule has 0 saturated heterocycles. The lowest BCUT2D eigenvalue weighted by Gasteiger charge is -2.16. The maximum absolute atomic E-state index is 12.5. The van der Waals surface area contributed by atoms with E-state index in [1.165, 1.54) is 10.2 Å². The van der Waals surface area contributed by atoms with Crippen LogP contribution in [-0.4, -0.2) is 15.5 Å². The molecule has 1 aromatic heterocycles. The highest BCUT2D eigenvalue weighted by Crippen LogP contribution is 2.18. The molecule has 0 aliphatic carbocycles. The van der Waals surface area contributed by atoms with Crippen LogP contribution in [0.4, 0.5) is 0 Å². The second kappa shape index (κ2) is 6.14. The van der Waals surface area contributed by atoms with Crippen LogP contribution in [0.5, 0.6) is 0 Å². The maximum atomic E-state index is 12.5. The first-order chi connectivity index (χ1) is 10.3. The minimum Gasteiger partial charge on any atom is -0.267 e. The normalized spacial score (nSPS) is 12.4. The summed E-state index contributed by atoms with van der Waals surface area (Å²) in [6, 6.07) is 17.6. The first-order valence-electron chi connectivity index (χ1n) is 6.90. The zero-order chi connectivity index (χ0) is 14.7. The van der Waals surface area contributed by atoms with Crippen LogP contribution < -0.4 is 5.56 Å². The van der Waals surface area contributed by atoms with Gasteiger partial charge in [0.1, 0.15) is 0 Å². The summed E-state index contributed by atoms with van der Waals surface area (Å²) >= 11 is 4.42. The van der Waals surface area contributed by atoms with Crippen LogP contribution in [0.1, 0.15) is 11.5 Å². The molecule has 1 unspecified atom stereocenters. The number of hydrogen-bond donors (Lipinski definition) is 1. The minimum absolute atomic E-state index is 0.0455. The molecule has 2 aromatic carbocycles. The molecule has 0 aliphatic heterocycles. The van der Waals surface area contributed by atoms with E-state index in [0.717, 1.165) is 5.39 Å². The number of rotatable bonds is 4. The third kappa shape index (κ3) is 2.85. The monoisotopic (exact) mass is 296 g/mol. The number of benzene rings is 2. The van der Waals surface area contributed by atoms with E-state index in [0.29, 0.717) is 17.7 Å². The summed E-state index contributed by atoms with van der Waals surface area (Å²) in [7, 11) is 0. The number of hydrogen-bond acceptors (Lipinski definition) is 3. The van der Waals surface area contributed by atoms with Gasteiger partial charge in [-0.3, -0.25) is 4.79 Å². The Hall–Kier alpha value is -2.07. The second-order valence-corrected chi connectivity index (χ2v) is 5.37. The molecule has 0 saturated carbocycles. The van der Waals surface area contributed by atoms with Gasteiger partial charge in [0.05, 0.1) is 18.1 Å². The fourth-order valence-corrected chi connectivity index (χ4v) is 2.79. The summed E-state index contributed by atoms with van der Waals surface area (Å²) in [5, 5.41) is 5.87. The van der Waals surface area contributed by atoms with Crippen molar-refractivity contribution in [3.8, 4) is 0 Å². The van der Waals surface area contributed by atoms with Crippen molar-refractivity contribution in [2.75, 3.05) is 5.75 Å². The Balaban J connectivity index is 1.97. The highest BCUT2D eigenvalue weighted by molar-refractivity contribution is 7.80.